The molecule has 1 fully saturated rings. The highest BCUT2D eigenvalue weighted by molar-refractivity contribution is 9.11. The predicted octanol–water partition coefficient (Wildman–Crippen LogP) is 3.08. The first kappa shape index (κ1) is 12.6. The number of piperidine rings is 1. The Balaban J connectivity index is 1.78. The fourth-order valence-electron chi connectivity index (χ4n) is 2.18. The molecule has 1 N–H and O–H groups in total. The van der Waals surface area contributed by atoms with Crippen molar-refractivity contribution in [3.8, 4) is 0 Å². The number of likely N-dealkylation sites (tertiary alicyclic amines) is 1. The van der Waals surface area contributed by atoms with Crippen LogP contribution in [-0.2, 0) is 6.54 Å². The zero-order chi connectivity index (χ0) is 11.5. The monoisotopic (exact) mass is 302 g/mol. The number of hydrogen-bond acceptors (Lipinski definition) is 3. The molecule has 2 atom stereocenters. The molecular weight excluding hydrogens is 284 g/mol. The van der Waals surface area contributed by atoms with Gasteiger partial charge in [-0.3, -0.25) is 0 Å². The first-order chi connectivity index (χ1) is 7.65. The molecule has 0 spiro atoms. The molecule has 0 aliphatic carbocycles. The lowest BCUT2D eigenvalue weighted by Gasteiger charge is -2.35. The lowest BCUT2D eigenvalue weighted by Crippen LogP contribution is -2.45. The molecule has 2 rings (SSSR count). The summed E-state index contributed by atoms with van der Waals surface area (Å²) in [5.74, 6) is 0. The average molecular weight is 303 g/mol. The lowest BCUT2D eigenvalue weighted by molar-refractivity contribution is 0.168. The van der Waals surface area contributed by atoms with Gasteiger partial charge in [-0.15, -0.1) is 11.3 Å². The predicted molar refractivity (Wildman–Crippen MR) is 74.0 cm³/mol. The molecule has 16 heavy (non-hydrogen) atoms. The van der Waals surface area contributed by atoms with Gasteiger partial charge in [0, 0.05) is 18.6 Å². The minimum Gasteiger partial charge on any atom is -0.310 e. The van der Waals surface area contributed by atoms with Crippen LogP contribution in [0.1, 0.15) is 25.3 Å². The molecule has 0 radical (unpaired) electrons. The zero-order valence-corrected chi connectivity index (χ0v) is 12.3. The van der Waals surface area contributed by atoms with E-state index in [-0.39, 0.29) is 0 Å². The second-order valence-corrected chi connectivity index (χ2v) is 6.98. The molecule has 1 aromatic rings. The van der Waals surface area contributed by atoms with Gasteiger partial charge in [0.2, 0.25) is 0 Å². The molecular formula is C12H19BrN2S. The maximum Gasteiger partial charge on any atom is 0.0701 e. The van der Waals surface area contributed by atoms with E-state index in [0.29, 0.717) is 12.1 Å². The van der Waals surface area contributed by atoms with Crippen molar-refractivity contribution in [3.63, 3.8) is 0 Å². The van der Waals surface area contributed by atoms with Crippen molar-refractivity contribution in [3.05, 3.63) is 20.8 Å². The fourth-order valence-corrected chi connectivity index (χ4v) is 3.38. The van der Waals surface area contributed by atoms with Crippen LogP contribution in [0.15, 0.2) is 15.2 Å². The van der Waals surface area contributed by atoms with Crippen LogP contribution in [-0.4, -0.2) is 30.6 Å². The third-order valence-corrected chi connectivity index (χ3v) is 4.98. The van der Waals surface area contributed by atoms with Crippen molar-refractivity contribution in [1.82, 2.24) is 10.2 Å². The molecule has 0 aromatic carbocycles. The highest BCUT2D eigenvalue weighted by Gasteiger charge is 2.21. The summed E-state index contributed by atoms with van der Waals surface area (Å²) in [6.45, 7) is 4.53. The minimum absolute atomic E-state index is 0.685. The van der Waals surface area contributed by atoms with Crippen molar-refractivity contribution in [2.75, 3.05) is 13.6 Å². The van der Waals surface area contributed by atoms with E-state index in [1.807, 2.05) is 0 Å². The first-order valence-corrected chi connectivity index (χ1v) is 7.49. The summed E-state index contributed by atoms with van der Waals surface area (Å²) in [7, 11) is 2.22. The first-order valence-electron chi connectivity index (χ1n) is 5.81. The van der Waals surface area contributed by atoms with Gasteiger partial charge in [0.15, 0.2) is 0 Å². The second-order valence-electron chi connectivity index (χ2n) is 4.69. The number of nitrogens with one attached hydrogen (secondary N) is 1. The van der Waals surface area contributed by atoms with Crippen LogP contribution in [0.5, 0.6) is 0 Å². The third kappa shape index (κ3) is 3.29. The molecule has 1 aliphatic heterocycles. The number of halogens is 1. The fraction of sp³-hybridized carbons (Fsp3) is 0.667. The lowest BCUT2D eigenvalue weighted by atomic mass is 9.99. The van der Waals surface area contributed by atoms with E-state index in [9.17, 15) is 0 Å². The van der Waals surface area contributed by atoms with Gasteiger partial charge in [0.05, 0.1) is 3.79 Å². The summed E-state index contributed by atoms with van der Waals surface area (Å²) in [4.78, 5) is 2.44. The average Bonchev–Trinajstić information content (AvgIpc) is 2.66. The van der Waals surface area contributed by atoms with Crippen molar-refractivity contribution in [1.29, 1.82) is 0 Å². The largest absolute Gasteiger partial charge is 0.310 e. The topological polar surface area (TPSA) is 15.3 Å². The third-order valence-electron chi connectivity index (χ3n) is 3.42. The van der Waals surface area contributed by atoms with Crippen molar-refractivity contribution in [2.45, 2.75) is 38.4 Å². The Morgan fingerprint density at radius 3 is 3.06 bits per heavy atom. The smallest absolute Gasteiger partial charge is 0.0701 e. The van der Waals surface area contributed by atoms with E-state index in [0.717, 1.165) is 6.54 Å². The van der Waals surface area contributed by atoms with Crippen LogP contribution < -0.4 is 5.32 Å². The molecule has 1 aliphatic rings. The summed E-state index contributed by atoms with van der Waals surface area (Å²) < 4.78 is 1.22. The van der Waals surface area contributed by atoms with Crippen molar-refractivity contribution < 1.29 is 0 Å². The maximum atomic E-state index is 3.66. The number of thiophene rings is 1. The van der Waals surface area contributed by atoms with Gasteiger partial charge >= 0.3 is 0 Å². The summed E-state index contributed by atoms with van der Waals surface area (Å²) in [6.07, 6.45) is 2.54. The van der Waals surface area contributed by atoms with Gasteiger partial charge in [-0.25, -0.2) is 0 Å². The standard InChI is InChI=1S/C12H19BrN2S/c1-9-5-11(3-4-15(9)2)14-7-10-6-12(13)16-8-10/h6,8-9,11,14H,3-5,7H2,1-2H3. The van der Waals surface area contributed by atoms with E-state index in [4.69, 9.17) is 0 Å². The SMILES string of the molecule is CC1CC(NCc2csc(Br)c2)CCN1C. The number of nitrogens with zero attached hydrogens (tertiary/aromatic N) is 1. The highest BCUT2D eigenvalue weighted by Crippen LogP contribution is 2.21. The quantitative estimate of drug-likeness (QED) is 0.923. The molecule has 0 amide bonds. The Bertz CT molecular complexity index is 340. The second kappa shape index (κ2) is 5.63. The molecule has 2 heterocycles. The Morgan fingerprint density at radius 2 is 2.44 bits per heavy atom. The molecule has 0 bridgehead atoms. The maximum absolute atomic E-state index is 3.66. The molecule has 90 valence electrons. The zero-order valence-electron chi connectivity index (χ0n) is 9.87. The van der Waals surface area contributed by atoms with Crippen LogP contribution in [0.4, 0.5) is 0 Å². The number of rotatable bonds is 3. The van der Waals surface area contributed by atoms with Crippen LogP contribution in [0.2, 0.25) is 0 Å². The molecule has 2 nitrogen and oxygen atoms in total. The molecule has 2 unspecified atom stereocenters. The van der Waals surface area contributed by atoms with Crippen LogP contribution in [0, 0.1) is 0 Å². The van der Waals surface area contributed by atoms with Gasteiger partial charge in [0.1, 0.15) is 0 Å². The minimum atomic E-state index is 0.685. The van der Waals surface area contributed by atoms with Gasteiger partial charge in [-0.05, 0) is 66.3 Å². The summed E-state index contributed by atoms with van der Waals surface area (Å²) in [6, 6.07) is 3.60. The Morgan fingerprint density at radius 1 is 1.62 bits per heavy atom. The Kier molecular flexibility index (Phi) is 4.41. The highest BCUT2D eigenvalue weighted by atomic mass is 79.9. The normalized spacial score (nSPS) is 27.2. The van der Waals surface area contributed by atoms with Crippen molar-refractivity contribution in [2.24, 2.45) is 0 Å². The molecule has 1 saturated heterocycles. The molecule has 1 aromatic heterocycles. The van der Waals surface area contributed by atoms with Gasteiger partial charge in [0.25, 0.3) is 0 Å². The summed E-state index contributed by atoms with van der Waals surface area (Å²) >= 11 is 5.26. The van der Waals surface area contributed by atoms with E-state index in [1.54, 1.807) is 11.3 Å². The number of hydrogen-bond donors (Lipinski definition) is 1. The van der Waals surface area contributed by atoms with E-state index in [2.05, 4.69) is 51.6 Å². The Hall–Kier alpha value is 0.1000. The van der Waals surface area contributed by atoms with Crippen LogP contribution in [0.3, 0.4) is 0 Å². The van der Waals surface area contributed by atoms with E-state index in [1.165, 1.54) is 28.7 Å². The molecule has 4 heteroatoms. The van der Waals surface area contributed by atoms with E-state index >= 15 is 0 Å². The Labute approximate surface area is 110 Å². The van der Waals surface area contributed by atoms with Gasteiger partial charge in [-0.2, -0.15) is 0 Å². The molecule has 0 saturated carbocycles. The van der Waals surface area contributed by atoms with Crippen LogP contribution in [0.25, 0.3) is 0 Å². The van der Waals surface area contributed by atoms with Crippen LogP contribution >= 0.6 is 27.3 Å². The summed E-state index contributed by atoms with van der Waals surface area (Å²) in [5.41, 5.74) is 1.39. The van der Waals surface area contributed by atoms with Gasteiger partial charge in [-0.1, -0.05) is 0 Å². The van der Waals surface area contributed by atoms with Crippen molar-refractivity contribution >= 4 is 27.3 Å². The van der Waals surface area contributed by atoms with Gasteiger partial charge < -0.3 is 10.2 Å². The van der Waals surface area contributed by atoms with E-state index < -0.39 is 0 Å². The summed E-state index contributed by atoms with van der Waals surface area (Å²) in [5, 5.41) is 5.88.